The first-order valence-corrected chi connectivity index (χ1v) is 19.0. The third-order valence-corrected chi connectivity index (χ3v) is 11.9. The van der Waals surface area contributed by atoms with Crippen molar-refractivity contribution in [2.24, 2.45) is 5.92 Å². The van der Waals surface area contributed by atoms with Crippen molar-refractivity contribution in [1.82, 2.24) is 15.0 Å². The van der Waals surface area contributed by atoms with Gasteiger partial charge in [0.2, 0.25) is 14.3 Å². The fourth-order valence-electron chi connectivity index (χ4n) is 7.17. The predicted molar refractivity (Wildman–Crippen MR) is 170 cm³/mol. The van der Waals surface area contributed by atoms with E-state index in [1.165, 1.54) is 12.0 Å². The summed E-state index contributed by atoms with van der Waals surface area (Å²) in [6, 6.07) is 18.2. The Balaban J connectivity index is 1.22. The van der Waals surface area contributed by atoms with Gasteiger partial charge in [-0.05, 0) is 74.4 Å². The number of halogens is 1. The second kappa shape index (κ2) is 14.3. The number of aryl methyl sites for hydroxylation is 2. The molecule has 1 amide bonds. The van der Waals surface area contributed by atoms with Crippen molar-refractivity contribution < 1.29 is 18.7 Å². The summed E-state index contributed by atoms with van der Waals surface area (Å²) in [4.78, 5) is 14.7. The zero-order valence-electron chi connectivity index (χ0n) is 25.9. The van der Waals surface area contributed by atoms with Crippen LogP contribution in [0.1, 0.15) is 74.6 Å². The van der Waals surface area contributed by atoms with E-state index in [9.17, 15) is 9.90 Å². The van der Waals surface area contributed by atoms with Gasteiger partial charge in [0.25, 0.3) is 0 Å². The highest BCUT2D eigenvalue weighted by atomic mass is 28.4. The minimum absolute atomic E-state index is 0.0207. The van der Waals surface area contributed by atoms with Crippen molar-refractivity contribution in [1.29, 1.82) is 0 Å². The molecule has 3 heterocycles. The Hall–Kier alpha value is -2.88. The molecule has 2 aliphatic heterocycles. The number of benzene rings is 2. The highest BCUT2D eigenvalue weighted by Gasteiger charge is 2.50. The molecule has 2 aromatic carbocycles. The van der Waals surface area contributed by atoms with Gasteiger partial charge in [0.1, 0.15) is 0 Å². The molecule has 5 atom stereocenters. The Labute approximate surface area is 256 Å². The first-order valence-electron chi connectivity index (χ1n) is 16.0. The van der Waals surface area contributed by atoms with E-state index in [0.29, 0.717) is 19.4 Å². The number of amides is 1. The zero-order valence-corrected chi connectivity index (χ0v) is 26.9. The van der Waals surface area contributed by atoms with Crippen LogP contribution in [0.4, 0.5) is 9.80 Å². The fourth-order valence-corrected chi connectivity index (χ4v) is 9.76. The van der Waals surface area contributed by atoms with Crippen molar-refractivity contribution in [3.8, 4) is 0 Å². The molecule has 3 aromatic rings. The first kappa shape index (κ1) is 31.5. The molecule has 2 fully saturated rings. The van der Waals surface area contributed by atoms with Crippen LogP contribution in [0.25, 0.3) is 0 Å². The van der Waals surface area contributed by atoms with Crippen LogP contribution in [-0.4, -0.2) is 59.8 Å². The molecule has 1 N–H and O–H groups in total. The van der Waals surface area contributed by atoms with Crippen LogP contribution in [0.2, 0.25) is 18.6 Å². The summed E-state index contributed by atoms with van der Waals surface area (Å²) in [5.41, 5.74) is 3.80. The molecule has 0 radical (unpaired) electrons. The lowest BCUT2D eigenvalue weighted by molar-refractivity contribution is -0.118. The number of rotatable bonds is 11. The average molecular weight is 607 g/mol. The highest BCUT2D eigenvalue weighted by Crippen LogP contribution is 2.47. The third kappa shape index (κ3) is 7.80. The third-order valence-electron chi connectivity index (χ3n) is 9.40. The maximum Gasteiger partial charge on any atom is 0.246 e. The van der Waals surface area contributed by atoms with Gasteiger partial charge < -0.3 is 18.9 Å². The van der Waals surface area contributed by atoms with Crippen molar-refractivity contribution in [2.45, 2.75) is 102 Å². The Kier molecular flexibility index (Phi) is 10.5. The van der Waals surface area contributed by atoms with E-state index in [1.807, 2.05) is 53.6 Å². The largest absolute Gasteiger partial charge is 0.395 e. The maximum atomic E-state index is 15.7. The topological polar surface area (TPSA) is 80.5 Å². The standard InChI is InChI=1S/C34H47FN4O3Si/c1-25-31(18-17-26-12-11-15-28(22-26)39-20-10-5-4-9-16-33(39)41)42-32(34(25)43(2,3)35)19-21-38-23-30(36-37-38)29(24-40)27-13-7-6-8-14-27/h6-8,11-15,22-23,25,29,31-32,34,40H,4-5,9-10,16-21,24H2,1-3H3/t25-,29?,31+,32-,34+/m0/s1. The van der Waals surface area contributed by atoms with Crippen LogP contribution in [0.3, 0.4) is 0 Å². The van der Waals surface area contributed by atoms with Crippen LogP contribution in [0, 0.1) is 5.92 Å². The molecular formula is C34H47FN4O3Si. The van der Waals surface area contributed by atoms with Gasteiger partial charge in [0, 0.05) is 36.9 Å². The number of aromatic nitrogens is 3. The number of nitrogens with zero attached hydrogens (tertiary/aromatic N) is 4. The van der Waals surface area contributed by atoms with E-state index in [0.717, 1.165) is 55.6 Å². The summed E-state index contributed by atoms with van der Waals surface area (Å²) >= 11 is 0. The van der Waals surface area contributed by atoms with E-state index < -0.39 is 8.41 Å². The second-order valence-electron chi connectivity index (χ2n) is 12.9. The van der Waals surface area contributed by atoms with Gasteiger partial charge in [0.05, 0.1) is 30.4 Å². The Morgan fingerprint density at radius 1 is 1.05 bits per heavy atom. The molecule has 0 spiro atoms. The molecule has 9 heteroatoms. The summed E-state index contributed by atoms with van der Waals surface area (Å²) in [6.45, 7) is 7.07. The molecule has 0 saturated carbocycles. The van der Waals surface area contributed by atoms with Crippen LogP contribution >= 0.6 is 0 Å². The van der Waals surface area contributed by atoms with Crippen molar-refractivity contribution in [3.05, 3.63) is 77.6 Å². The van der Waals surface area contributed by atoms with Crippen molar-refractivity contribution >= 4 is 20.0 Å². The molecule has 2 aliphatic rings. The normalized spacial score (nSPS) is 24.1. The van der Waals surface area contributed by atoms with Crippen LogP contribution < -0.4 is 4.90 Å². The van der Waals surface area contributed by atoms with E-state index in [4.69, 9.17) is 4.74 Å². The molecule has 43 heavy (non-hydrogen) atoms. The fraction of sp³-hybridized carbons (Fsp3) is 0.559. The quantitative estimate of drug-likeness (QED) is 0.195. The highest BCUT2D eigenvalue weighted by molar-refractivity contribution is 6.72. The number of ether oxygens (including phenoxy) is 1. The minimum Gasteiger partial charge on any atom is -0.395 e. The summed E-state index contributed by atoms with van der Waals surface area (Å²) < 4.78 is 24.1. The molecular weight excluding hydrogens is 559 g/mol. The number of hydrogen-bond donors (Lipinski definition) is 1. The van der Waals surface area contributed by atoms with E-state index >= 15 is 4.11 Å². The second-order valence-corrected chi connectivity index (χ2v) is 16.7. The van der Waals surface area contributed by atoms with E-state index in [-0.39, 0.29) is 42.1 Å². The minimum atomic E-state index is -3.00. The zero-order chi connectivity index (χ0) is 30.4. The molecule has 1 aromatic heterocycles. The number of carbonyl (C=O) groups excluding carboxylic acids is 1. The molecule has 1 unspecified atom stereocenters. The summed E-state index contributed by atoms with van der Waals surface area (Å²) in [7, 11) is -3.00. The van der Waals surface area contributed by atoms with Gasteiger partial charge in [-0.2, -0.15) is 0 Å². The average Bonchev–Trinajstić information content (AvgIpc) is 3.58. The van der Waals surface area contributed by atoms with E-state index in [2.05, 4.69) is 29.4 Å². The van der Waals surface area contributed by atoms with E-state index in [1.54, 1.807) is 17.8 Å². The molecule has 0 bridgehead atoms. The SMILES string of the molecule is C[C@@H]1[C@@H]([Si](C)(C)F)[C@H](CCn2cc(C(CO)c3ccccc3)nn2)O[C@@H]1CCc1cccc(N2CCCCCCC2=O)c1. The Morgan fingerprint density at radius 3 is 2.60 bits per heavy atom. The molecule has 232 valence electrons. The number of anilines is 1. The summed E-state index contributed by atoms with van der Waals surface area (Å²) in [5.74, 6) is 0.114. The Bertz CT molecular complexity index is 1330. The number of hydrogen-bond acceptors (Lipinski definition) is 5. The van der Waals surface area contributed by atoms with Gasteiger partial charge in [-0.15, -0.1) is 5.10 Å². The number of aliphatic hydroxyl groups is 1. The lowest BCUT2D eigenvalue weighted by Gasteiger charge is -2.28. The molecule has 0 aliphatic carbocycles. The summed E-state index contributed by atoms with van der Waals surface area (Å²) in [6.07, 6.45) is 8.94. The lowest BCUT2D eigenvalue weighted by Crippen LogP contribution is -2.36. The van der Waals surface area contributed by atoms with Crippen LogP contribution in [-0.2, 0) is 22.5 Å². The smallest absolute Gasteiger partial charge is 0.246 e. The number of aliphatic hydroxyl groups excluding tert-OH is 1. The molecule has 5 rings (SSSR count). The molecule has 2 saturated heterocycles. The van der Waals surface area contributed by atoms with Gasteiger partial charge in [-0.1, -0.05) is 67.4 Å². The van der Waals surface area contributed by atoms with Gasteiger partial charge in [-0.25, -0.2) is 0 Å². The van der Waals surface area contributed by atoms with Crippen molar-refractivity contribution in [2.75, 3.05) is 18.1 Å². The van der Waals surface area contributed by atoms with Crippen molar-refractivity contribution in [3.63, 3.8) is 0 Å². The van der Waals surface area contributed by atoms with Gasteiger partial charge in [0.15, 0.2) is 0 Å². The van der Waals surface area contributed by atoms with Gasteiger partial charge in [-0.3, -0.25) is 9.48 Å². The maximum absolute atomic E-state index is 15.7. The Morgan fingerprint density at radius 2 is 1.84 bits per heavy atom. The molecule has 7 nitrogen and oxygen atoms in total. The monoisotopic (exact) mass is 606 g/mol. The van der Waals surface area contributed by atoms with Crippen LogP contribution in [0.5, 0.6) is 0 Å². The first-order chi connectivity index (χ1) is 20.7. The summed E-state index contributed by atoms with van der Waals surface area (Å²) in [5, 5.41) is 18.7. The van der Waals surface area contributed by atoms with Crippen LogP contribution in [0.15, 0.2) is 60.8 Å². The lowest BCUT2D eigenvalue weighted by atomic mass is 9.95. The van der Waals surface area contributed by atoms with Gasteiger partial charge >= 0.3 is 0 Å². The predicted octanol–water partition coefficient (Wildman–Crippen LogP) is 6.67. The number of carbonyl (C=O) groups is 1.